The van der Waals surface area contributed by atoms with E-state index in [0.717, 1.165) is 29.5 Å². The van der Waals surface area contributed by atoms with Gasteiger partial charge in [0.15, 0.2) is 0 Å². The molecule has 1 aromatic heterocycles. The minimum atomic E-state index is -0.358. The van der Waals surface area contributed by atoms with Crippen molar-refractivity contribution < 1.29 is 9.32 Å². The summed E-state index contributed by atoms with van der Waals surface area (Å²) in [6.07, 6.45) is 2.47. The van der Waals surface area contributed by atoms with Gasteiger partial charge in [-0.3, -0.25) is 4.79 Å². The molecule has 2 N–H and O–H groups in total. The van der Waals surface area contributed by atoms with E-state index in [1.807, 2.05) is 59.5 Å². The van der Waals surface area contributed by atoms with Crippen molar-refractivity contribution in [3.8, 4) is 11.4 Å². The van der Waals surface area contributed by atoms with Gasteiger partial charge in [0.2, 0.25) is 11.7 Å². The Balaban J connectivity index is 0.00000225. The zero-order chi connectivity index (χ0) is 18.6. The number of amides is 1. The molecule has 1 aliphatic heterocycles. The van der Waals surface area contributed by atoms with Crippen molar-refractivity contribution in [3.63, 3.8) is 0 Å². The molecule has 1 amide bonds. The Morgan fingerprint density at radius 3 is 2.50 bits per heavy atom. The van der Waals surface area contributed by atoms with Crippen LogP contribution in [0.25, 0.3) is 11.4 Å². The van der Waals surface area contributed by atoms with Crippen molar-refractivity contribution in [1.82, 2.24) is 15.0 Å². The molecule has 4 rings (SSSR count). The van der Waals surface area contributed by atoms with Crippen LogP contribution in [0.15, 0.2) is 59.1 Å². The molecule has 0 aliphatic carbocycles. The van der Waals surface area contributed by atoms with Gasteiger partial charge >= 0.3 is 0 Å². The summed E-state index contributed by atoms with van der Waals surface area (Å²) in [5.74, 6) is 1.08. The quantitative estimate of drug-likeness (QED) is 0.707. The Labute approximate surface area is 170 Å². The lowest BCUT2D eigenvalue weighted by atomic mass is 10.0. The van der Waals surface area contributed by atoms with E-state index in [4.69, 9.17) is 10.3 Å². The lowest BCUT2D eigenvalue weighted by Crippen LogP contribution is -2.39. The van der Waals surface area contributed by atoms with Crippen LogP contribution in [0.3, 0.4) is 0 Å². The number of hydrogen-bond acceptors (Lipinski definition) is 5. The second-order valence-corrected chi connectivity index (χ2v) is 6.71. The number of carbonyl (C=O) groups excluding carboxylic acids is 1. The fourth-order valence-electron chi connectivity index (χ4n) is 3.44. The average molecular weight is 399 g/mol. The Morgan fingerprint density at radius 2 is 1.82 bits per heavy atom. The van der Waals surface area contributed by atoms with Gasteiger partial charge in [-0.15, -0.1) is 12.4 Å². The van der Waals surface area contributed by atoms with Gasteiger partial charge in [0.05, 0.1) is 0 Å². The maximum absolute atomic E-state index is 12.6. The van der Waals surface area contributed by atoms with E-state index in [-0.39, 0.29) is 24.4 Å². The third-order valence-electron chi connectivity index (χ3n) is 4.91. The highest BCUT2D eigenvalue weighted by molar-refractivity contribution is 5.85. The maximum atomic E-state index is 12.6. The Bertz CT molecular complexity index is 912. The normalized spacial score (nSPS) is 15.2. The topological polar surface area (TPSA) is 85.2 Å². The molecule has 0 radical (unpaired) electrons. The van der Waals surface area contributed by atoms with E-state index >= 15 is 0 Å². The standard InChI is InChI=1S/C21H22N4O2.ClH/c22-14-15-9-11-17(12-10-15)20-23-21(27-24-20)19(16-6-2-1-3-7-16)25-13-5-4-8-18(25)26;/h1-3,6-7,9-12,19H,4-5,8,13-14,22H2;1H. The van der Waals surface area contributed by atoms with E-state index < -0.39 is 0 Å². The number of carbonyl (C=O) groups is 1. The summed E-state index contributed by atoms with van der Waals surface area (Å²) in [5.41, 5.74) is 8.53. The molecule has 0 bridgehead atoms. The number of halogens is 1. The van der Waals surface area contributed by atoms with Gasteiger partial charge in [-0.2, -0.15) is 4.98 Å². The first-order valence-corrected chi connectivity index (χ1v) is 9.23. The van der Waals surface area contributed by atoms with E-state index in [9.17, 15) is 4.79 Å². The fourth-order valence-corrected chi connectivity index (χ4v) is 3.44. The highest BCUT2D eigenvalue weighted by atomic mass is 35.5. The molecular weight excluding hydrogens is 376 g/mol. The molecule has 146 valence electrons. The van der Waals surface area contributed by atoms with E-state index in [1.165, 1.54) is 0 Å². The molecule has 2 heterocycles. The minimum absolute atomic E-state index is 0. The van der Waals surface area contributed by atoms with Crippen molar-refractivity contribution >= 4 is 18.3 Å². The summed E-state index contributed by atoms with van der Waals surface area (Å²) < 4.78 is 5.61. The number of benzene rings is 2. The van der Waals surface area contributed by atoms with Crippen LogP contribution in [0, 0.1) is 0 Å². The van der Waals surface area contributed by atoms with Crippen LogP contribution in [-0.2, 0) is 11.3 Å². The maximum Gasteiger partial charge on any atom is 0.254 e. The summed E-state index contributed by atoms with van der Waals surface area (Å²) in [4.78, 5) is 19.0. The first kappa shape index (κ1) is 20.0. The third-order valence-corrected chi connectivity index (χ3v) is 4.91. The van der Waals surface area contributed by atoms with Gasteiger partial charge < -0.3 is 15.2 Å². The van der Waals surface area contributed by atoms with Crippen LogP contribution in [0.4, 0.5) is 0 Å². The van der Waals surface area contributed by atoms with Crippen LogP contribution in [0.2, 0.25) is 0 Å². The van der Waals surface area contributed by atoms with Crippen molar-refractivity contribution in [2.75, 3.05) is 6.54 Å². The molecule has 7 heteroatoms. The smallest absolute Gasteiger partial charge is 0.254 e. The monoisotopic (exact) mass is 398 g/mol. The Morgan fingerprint density at radius 1 is 1.07 bits per heavy atom. The van der Waals surface area contributed by atoms with Crippen LogP contribution in [0.5, 0.6) is 0 Å². The number of likely N-dealkylation sites (tertiary alicyclic amines) is 1. The predicted molar refractivity (Wildman–Crippen MR) is 109 cm³/mol. The minimum Gasteiger partial charge on any atom is -0.336 e. The highest BCUT2D eigenvalue weighted by Gasteiger charge is 2.32. The van der Waals surface area contributed by atoms with Crippen LogP contribution in [-0.4, -0.2) is 27.5 Å². The molecule has 28 heavy (non-hydrogen) atoms. The molecule has 1 atom stereocenters. The molecule has 6 nitrogen and oxygen atoms in total. The van der Waals surface area contributed by atoms with E-state index in [2.05, 4.69) is 10.1 Å². The predicted octanol–water partition coefficient (Wildman–Crippen LogP) is 3.72. The summed E-state index contributed by atoms with van der Waals surface area (Å²) in [6, 6.07) is 17.3. The summed E-state index contributed by atoms with van der Waals surface area (Å²) in [5, 5.41) is 4.15. The van der Waals surface area contributed by atoms with Gasteiger partial charge in [-0.1, -0.05) is 59.8 Å². The van der Waals surface area contributed by atoms with E-state index in [0.29, 0.717) is 31.2 Å². The van der Waals surface area contributed by atoms with E-state index in [1.54, 1.807) is 0 Å². The van der Waals surface area contributed by atoms with Gasteiger partial charge in [-0.05, 0) is 24.0 Å². The van der Waals surface area contributed by atoms with Crippen molar-refractivity contribution in [3.05, 3.63) is 71.6 Å². The SMILES string of the molecule is Cl.NCc1ccc(-c2noc(C(c3ccccc3)N3CCCCC3=O)n2)cc1. The molecule has 0 spiro atoms. The van der Waals surface area contributed by atoms with Gasteiger partial charge in [0.25, 0.3) is 5.89 Å². The number of nitrogens with zero attached hydrogens (tertiary/aromatic N) is 3. The van der Waals surface area contributed by atoms with Crippen LogP contribution in [0.1, 0.15) is 42.3 Å². The first-order chi connectivity index (χ1) is 13.3. The lowest BCUT2D eigenvalue weighted by Gasteiger charge is -2.32. The zero-order valence-electron chi connectivity index (χ0n) is 15.5. The Hall–Kier alpha value is -2.70. The molecule has 0 saturated carbocycles. The van der Waals surface area contributed by atoms with Crippen LogP contribution < -0.4 is 5.73 Å². The van der Waals surface area contributed by atoms with Crippen molar-refractivity contribution in [2.45, 2.75) is 31.8 Å². The number of rotatable bonds is 5. The fraction of sp³-hybridized carbons (Fsp3) is 0.286. The Kier molecular flexibility index (Phi) is 6.44. The number of aromatic nitrogens is 2. The molecule has 1 saturated heterocycles. The van der Waals surface area contributed by atoms with Crippen LogP contribution >= 0.6 is 12.4 Å². The van der Waals surface area contributed by atoms with Crippen molar-refractivity contribution in [2.24, 2.45) is 5.73 Å². The first-order valence-electron chi connectivity index (χ1n) is 9.23. The zero-order valence-corrected chi connectivity index (χ0v) is 16.3. The van der Waals surface area contributed by atoms with Crippen molar-refractivity contribution in [1.29, 1.82) is 0 Å². The number of piperidine rings is 1. The second kappa shape index (κ2) is 8.99. The summed E-state index contributed by atoms with van der Waals surface area (Å²) in [6.45, 7) is 1.19. The summed E-state index contributed by atoms with van der Waals surface area (Å²) >= 11 is 0. The average Bonchev–Trinajstić information content (AvgIpc) is 3.20. The molecule has 2 aromatic carbocycles. The number of hydrogen-bond donors (Lipinski definition) is 1. The van der Waals surface area contributed by atoms with Gasteiger partial charge in [-0.25, -0.2) is 0 Å². The molecule has 3 aromatic rings. The molecule has 1 unspecified atom stereocenters. The summed E-state index contributed by atoms with van der Waals surface area (Å²) in [7, 11) is 0. The molecule has 1 fully saturated rings. The molecule has 1 aliphatic rings. The second-order valence-electron chi connectivity index (χ2n) is 6.71. The lowest BCUT2D eigenvalue weighted by molar-refractivity contribution is -0.135. The molecular formula is C21H23ClN4O2. The third kappa shape index (κ3) is 4.08. The van der Waals surface area contributed by atoms with Gasteiger partial charge in [0.1, 0.15) is 6.04 Å². The number of nitrogens with two attached hydrogens (primary N) is 1. The highest BCUT2D eigenvalue weighted by Crippen LogP contribution is 2.32. The van der Waals surface area contributed by atoms with Gasteiger partial charge in [0, 0.05) is 25.1 Å². The largest absolute Gasteiger partial charge is 0.336 e.